The van der Waals surface area contributed by atoms with Crippen LogP contribution in [0.25, 0.3) is 0 Å². The standard InChI is InChI=1S/C12H19N3O/c1-9-11(13)5-6-12(15-9)14-8-10-4-2-3-7-16-10/h5-6,10H,2-4,7-8,13H2,1H3,(H,14,15). The average molecular weight is 221 g/mol. The van der Waals surface area contributed by atoms with Crippen LogP contribution in [0.2, 0.25) is 0 Å². The molecule has 0 aliphatic carbocycles. The number of hydrogen-bond donors (Lipinski definition) is 2. The Kier molecular flexibility index (Phi) is 3.62. The minimum atomic E-state index is 0.327. The Bertz CT molecular complexity index is 348. The molecule has 1 aromatic rings. The van der Waals surface area contributed by atoms with Crippen molar-refractivity contribution in [3.63, 3.8) is 0 Å². The highest BCUT2D eigenvalue weighted by atomic mass is 16.5. The quantitative estimate of drug-likeness (QED) is 0.819. The van der Waals surface area contributed by atoms with Crippen LogP contribution in [0.5, 0.6) is 0 Å². The fourth-order valence-corrected chi connectivity index (χ4v) is 1.86. The monoisotopic (exact) mass is 221 g/mol. The maximum absolute atomic E-state index is 5.71. The molecular weight excluding hydrogens is 202 g/mol. The Hall–Kier alpha value is -1.29. The van der Waals surface area contributed by atoms with Gasteiger partial charge in [-0.15, -0.1) is 0 Å². The molecule has 0 aromatic carbocycles. The second-order valence-corrected chi connectivity index (χ2v) is 4.24. The predicted octanol–water partition coefficient (Wildman–Crippen LogP) is 1.95. The zero-order chi connectivity index (χ0) is 11.4. The van der Waals surface area contributed by atoms with Crippen molar-refractivity contribution in [2.45, 2.75) is 32.3 Å². The van der Waals surface area contributed by atoms with E-state index in [1.54, 1.807) is 0 Å². The van der Waals surface area contributed by atoms with Crippen LogP contribution in [0.4, 0.5) is 11.5 Å². The van der Waals surface area contributed by atoms with Crippen LogP contribution >= 0.6 is 0 Å². The van der Waals surface area contributed by atoms with E-state index in [0.717, 1.165) is 36.8 Å². The summed E-state index contributed by atoms with van der Waals surface area (Å²) >= 11 is 0. The van der Waals surface area contributed by atoms with Gasteiger partial charge < -0.3 is 15.8 Å². The first-order chi connectivity index (χ1) is 7.75. The maximum Gasteiger partial charge on any atom is 0.126 e. The van der Waals surface area contributed by atoms with Crippen molar-refractivity contribution in [2.75, 3.05) is 24.2 Å². The van der Waals surface area contributed by atoms with Crippen LogP contribution in [0, 0.1) is 6.92 Å². The molecule has 0 saturated carbocycles. The molecule has 0 spiro atoms. The van der Waals surface area contributed by atoms with E-state index in [1.165, 1.54) is 12.8 Å². The van der Waals surface area contributed by atoms with E-state index in [2.05, 4.69) is 10.3 Å². The SMILES string of the molecule is Cc1nc(NCC2CCCCO2)ccc1N. The molecule has 2 heterocycles. The Morgan fingerprint density at radius 1 is 1.50 bits per heavy atom. The molecule has 88 valence electrons. The average Bonchev–Trinajstić information content (AvgIpc) is 2.32. The van der Waals surface area contributed by atoms with Gasteiger partial charge in [-0.05, 0) is 38.3 Å². The molecule has 16 heavy (non-hydrogen) atoms. The van der Waals surface area contributed by atoms with Gasteiger partial charge in [-0.25, -0.2) is 4.98 Å². The summed E-state index contributed by atoms with van der Waals surface area (Å²) in [5.41, 5.74) is 7.32. The first-order valence-corrected chi connectivity index (χ1v) is 5.84. The molecule has 1 unspecified atom stereocenters. The summed E-state index contributed by atoms with van der Waals surface area (Å²) in [6, 6.07) is 3.79. The molecule has 4 heteroatoms. The molecule has 2 rings (SSSR count). The number of hydrogen-bond acceptors (Lipinski definition) is 4. The molecule has 1 aliphatic rings. The molecule has 1 fully saturated rings. The highest BCUT2D eigenvalue weighted by Crippen LogP contribution is 2.15. The maximum atomic E-state index is 5.71. The molecular formula is C12H19N3O. The fraction of sp³-hybridized carbons (Fsp3) is 0.583. The topological polar surface area (TPSA) is 60.2 Å². The first-order valence-electron chi connectivity index (χ1n) is 5.84. The summed E-state index contributed by atoms with van der Waals surface area (Å²) in [6.07, 6.45) is 3.92. The smallest absolute Gasteiger partial charge is 0.126 e. The number of aromatic nitrogens is 1. The van der Waals surface area contributed by atoms with Crippen molar-refractivity contribution in [1.82, 2.24) is 4.98 Å². The van der Waals surface area contributed by atoms with E-state index < -0.39 is 0 Å². The lowest BCUT2D eigenvalue weighted by Crippen LogP contribution is -2.27. The third-order valence-electron chi connectivity index (χ3n) is 2.91. The third kappa shape index (κ3) is 2.85. The van der Waals surface area contributed by atoms with Crippen molar-refractivity contribution < 1.29 is 4.74 Å². The molecule has 4 nitrogen and oxygen atoms in total. The minimum Gasteiger partial charge on any atom is -0.397 e. The lowest BCUT2D eigenvalue weighted by molar-refractivity contribution is 0.0247. The number of rotatable bonds is 3. The van der Waals surface area contributed by atoms with E-state index >= 15 is 0 Å². The van der Waals surface area contributed by atoms with Crippen molar-refractivity contribution in [1.29, 1.82) is 0 Å². The number of aryl methyl sites for hydroxylation is 1. The number of pyridine rings is 1. The van der Waals surface area contributed by atoms with Gasteiger partial charge in [0, 0.05) is 13.2 Å². The van der Waals surface area contributed by atoms with Crippen LogP contribution in [0.3, 0.4) is 0 Å². The van der Waals surface area contributed by atoms with Gasteiger partial charge in [0.05, 0.1) is 17.5 Å². The second-order valence-electron chi connectivity index (χ2n) is 4.24. The van der Waals surface area contributed by atoms with Crippen molar-refractivity contribution in [3.8, 4) is 0 Å². The molecule has 0 radical (unpaired) electrons. The predicted molar refractivity (Wildman–Crippen MR) is 65.5 cm³/mol. The van der Waals surface area contributed by atoms with Crippen LogP contribution in [-0.4, -0.2) is 24.2 Å². The molecule has 1 aliphatic heterocycles. The van der Waals surface area contributed by atoms with Crippen molar-refractivity contribution in [3.05, 3.63) is 17.8 Å². The van der Waals surface area contributed by atoms with Gasteiger partial charge in [0.25, 0.3) is 0 Å². The molecule has 1 aromatic heterocycles. The van der Waals surface area contributed by atoms with E-state index in [9.17, 15) is 0 Å². The summed E-state index contributed by atoms with van der Waals surface area (Å²) in [4.78, 5) is 4.37. The first kappa shape index (κ1) is 11.2. The van der Waals surface area contributed by atoms with Gasteiger partial charge in [0.15, 0.2) is 0 Å². The molecule has 1 saturated heterocycles. The Labute approximate surface area is 96.2 Å². The highest BCUT2D eigenvalue weighted by molar-refractivity contribution is 5.49. The molecule has 1 atom stereocenters. The number of anilines is 2. The highest BCUT2D eigenvalue weighted by Gasteiger charge is 2.13. The van der Waals surface area contributed by atoms with Gasteiger partial charge in [-0.2, -0.15) is 0 Å². The van der Waals surface area contributed by atoms with Crippen LogP contribution in [0.15, 0.2) is 12.1 Å². The summed E-state index contributed by atoms with van der Waals surface area (Å²) in [7, 11) is 0. The lowest BCUT2D eigenvalue weighted by Gasteiger charge is -2.23. The number of nitrogens with one attached hydrogen (secondary N) is 1. The molecule has 0 amide bonds. The van der Waals surface area contributed by atoms with Crippen molar-refractivity contribution in [2.24, 2.45) is 0 Å². The second kappa shape index (κ2) is 5.16. The zero-order valence-electron chi connectivity index (χ0n) is 9.70. The van der Waals surface area contributed by atoms with E-state index in [0.29, 0.717) is 6.10 Å². The van der Waals surface area contributed by atoms with Crippen LogP contribution in [0.1, 0.15) is 25.0 Å². The number of nitrogens with two attached hydrogens (primary N) is 1. The van der Waals surface area contributed by atoms with Gasteiger partial charge in [0.1, 0.15) is 5.82 Å². The zero-order valence-corrected chi connectivity index (χ0v) is 9.70. The Morgan fingerprint density at radius 2 is 2.38 bits per heavy atom. The largest absolute Gasteiger partial charge is 0.397 e. The normalized spacial score (nSPS) is 20.7. The van der Waals surface area contributed by atoms with E-state index in [4.69, 9.17) is 10.5 Å². The summed E-state index contributed by atoms with van der Waals surface area (Å²) < 4.78 is 5.64. The number of ether oxygens (including phenoxy) is 1. The van der Waals surface area contributed by atoms with Crippen LogP contribution < -0.4 is 11.1 Å². The summed E-state index contributed by atoms with van der Waals surface area (Å²) in [5, 5.41) is 3.29. The summed E-state index contributed by atoms with van der Waals surface area (Å²) in [6.45, 7) is 3.63. The molecule has 0 bridgehead atoms. The van der Waals surface area contributed by atoms with E-state index in [-0.39, 0.29) is 0 Å². The van der Waals surface area contributed by atoms with Gasteiger partial charge in [-0.3, -0.25) is 0 Å². The van der Waals surface area contributed by atoms with Gasteiger partial charge >= 0.3 is 0 Å². The van der Waals surface area contributed by atoms with Crippen LogP contribution in [-0.2, 0) is 4.74 Å². The lowest BCUT2D eigenvalue weighted by atomic mass is 10.1. The third-order valence-corrected chi connectivity index (χ3v) is 2.91. The van der Waals surface area contributed by atoms with Gasteiger partial charge in [0.2, 0.25) is 0 Å². The van der Waals surface area contributed by atoms with Crippen molar-refractivity contribution >= 4 is 11.5 Å². The fourth-order valence-electron chi connectivity index (χ4n) is 1.86. The van der Waals surface area contributed by atoms with E-state index in [1.807, 2.05) is 19.1 Å². The summed E-state index contributed by atoms with van der Waals surface area (Å²) in [5.74, 6) is 0.876. The Balaban J connectivity index is 1.86. The number of nitrogens with zero attached hydrogens (tertiary/aromatic N) is 1. The minimum absolute atomic E-state index is 0.327. The Morgan fingerprint density at radius 3 is 3.06 bits per heavy atom. The number of nitrogen functional groups attached to an aromatic ring is 1. The molecule has 3 N–H and O–H groups in total. The van der Waals surface area contributed by atoms with Gasteiger partial charge in [-0.1, -0.05) is 0 Å².